The first-order valence-electron chi connectivity index (χ1n) is 8.64. The average Bonchev–Trinajstić information content (AvgIpc) is 2.02. The first-order valence-corrected chi connectivity index (χ1v) is 8.64. The fourth-order valence-electron chi connectivity index (χ4n) is 3.78. The molecule has 0 saturated carbocycles. The van der Waals surface area contributed by atoms with Crippen LogP contribution in [0.4, 0.5) is 0 Å². The van der Waals surface area contributed by atoms with Crippen LogP contribution in [0.25, 0.3) is 0 Å². The fourth-order valence-corrected chi connectivity index (χ4v) is 3.78. The molecule has 0 N–H and O–H groups in total. The molecule has 0 spiro atoms. The Morgan fingerprint density at radius 3 is 0.920 bits per heavy atom. The minimum Gasteiger partial charge on any atom is -0.550 e. The summed E-state index contributed by atoms with van der Waals surface area (Å²) in [6.45, 7) is 20.6. The van der Waals surface area contributed by atoms with Crippen LogP contribution < -0.4 is 10.2 Å². The van der Waals surface area contributed by atoms with Crippen LogP contribution in [0, 0.1) is 21.7 Å². The second-order valence-corrected chi connectivity index (χ2v) is 10.9. The molecule has 0 aliphatic rings. The van der Waals surface area contributed by atoms with E-state index in [0.717, 1.165) is 12.8 Å². The summed E-state index contributed by atoms with van der Waals surface area (Å²) in [6.07, 6.45) is 2.08. The summed E-state index contributed by atoms with van der Waals surface area (Å²) in [5, 5.41) is 20.8. The normalized spacial score (nSPS) is 12.6. The molecule has 0 bridgehead atoms. The molecule has 25 heavy (non-hydrogen) atoms. The van der Waals surface area contributed by atoms with Gasteiger partial charge in [-0.05, 0) is 47.3 Å². The molecular weight excluding hydrogens is 442 g/mol. The van der Waals surface area contributed by atoms with E-state index in [1.54, 1.807) is 0 Å². The Labute approximate surface area is 195 Å². The van der Waals surface area contributed by atoms with Crippen LogP contribution in [0.2, 0.25) is 0 Å². The summed E-state index contributed by atoms with van der Waals surface area (Å²) in [5.41, 5.74) is 0.0477. The first-order chi connectivity index (χ1) is 10.2. The Kier molecular flexibility index (Phi) is 13.8. The van der Waals surface area contributed by atoms with Crippen molar-refractivity contribution in [2.24, 2.45) is 21.7 Å². The van der Waals surface area contributed by atoms with E-state index in [9.17, 15) is 19.8 Å². The zero-order valence-electron chi connectivity index (χ0n) is 18.2. The van der Waals surface area contributed by atoms with Gasteiger partial charge in [0.1, 0.15) is 0 Å². The molecule has 0 aromatic heterocycles. The van der Waals surface area contributed by atoms with Crippen LogP contribution in [0.3, 0.4) is 0 Å². The van der Waals surface area contributed by atoms with Crippen molar-refractivity contribution in [1.82, 2.24) is 0 Å². The third kappa shape index (κ3) is 24.5. The molecule has 0 unspecified atom stereocenters. The molecule has 0 aliphatic heterocycles. The van der Waals surface area contributed by atoms with E-state index in [1.165, 1.54) is 0 Å². The van der Waals surface area contributed by atoms with Gasteiger partial charge in [0.15, 0.2) is 0 Å². The minimum atomic E-state index is -0.954. The number of carbonyl (C=O) groups excluding carboxylic acids is 2. The number of carboxylic acid groups (broad SMARTS) is 2. The van der Waals surface area contributed by atoms with E-state index < -0.39 is 11.9 Å². The number of carboxylic acids is 2. The summed E-state index contributed by atoms with van der Waals surface area (Å²) < 4.78 is 0. The van der Waals surface area contributed by atoms with Crippen molar-refractivity contribution >= 4 is 60.8 Å². The van der Waals surface area contributed by atoms with Crippen LogP contribution in [0.15, 0.2) is 0 Å². The quantitative estimate of drug-likeness (QED) is 0.549. The van der Waals surface area contributed by atoms with Crippen molar-refractivity contribution in [2.75, 3.05) is 0 Å². The zero-order valence-corrected chi connectivity index (χ0v) is 22.6. The van der Waals surface area contributed by atoms with Gasteiger partial charge in [0, 0.05) is 11.9 Å². The number of aliphatic carboxylic acids is 2. The number of rotatable bonds is 6. The largest absolute Gasteiger partial charge is 2.00 e. The number of hydrogen-bond donors (Lipinski definition) is 0. The summed E-state index contributed by atoms with van der Waals surface area (Å²) >= 11 is 0. The molecule has 0 amide bonds. The standard InChI is InChI=1S/2C10H20O2.Ba/c2*1-9(2,3)7-10(4,5)6-8(11)12;/h2*6-7H2,1-5H3,(H,11,12);/q;;+2/p-2. The van der Waals surface area contributed by atoms with Crippen LogP contribution in [-0.4, -0.2) is 60.8 Å². The molecule has 0 aromatic carbocycles. The number of carbonyl (C=O) groups is 2. The summed E-state index contributed by atoms with van der Waals surface area (Å²) in [4.78, 5) is 20.8. The van der Waals surface area contributed by atoms with E-state index in [0.29, 0.717) is 0 Å². The summed E-state index contributed by atoms with van der Waals surface area (Å²) in [6, 6.07) is 0. The Morgan fingerprint density at radius 2 is 0.800 bits per heavy atom. The molecular formula is C20H38BaO4. The van der Waals surface area contributed by atoms with Gasteiger partial charge < -0.3 is 19.8 Å². The average molecular weight is 480 g/mol. The van der Waals surface area contributed by atoms with Gasteiger partial charge >= 0.3 is 48.9 Å². The number of hydrogen-bond acceptors (Lipinski definition) is 4. The van der Waals surface area contributed by atoms with Gasteiger partial charge in [-0.2, -0.15) is 0 Å². The van der Waals surface area contributed by atoms with Crippen molar-refractivity contribution in [2.45, 2.75) is 94.9 Å². The molecule has 0 atom stereocenters. The third-order valence-corrected chi connectivity index (χ3v) is 3.26. The molecule has 4 nitrogen and oxygen atoms in total. The van der Waals surface area contributed by atoms with Gasteiger partial charge in [0.2, 0.25) is 0 Å². The van der Waals surface area contributed by atoms with E-state index in [2.05, 4.69) is 41.5 Å². The van der Waals surface area contributed by atoms with Crippen molar-refractivity contribution in [3.8, 4) is 0 Å². The first kappa shape index (κ1) is 30.2. The Bertz CT molecular complexity index is 372. The van der Waals surface area contributed by atoms with Crippen LogP contribution >= 0.6 is 0 Å². The molecule has 0 fully saturated rings. The zero-order chi connectivity index (χ0) is 20.0. The van der Waals surface area contributed by atoms with Crippen molar-refractivity contribution < 1.29 is 19.8 Å². The van der Waals surface area contributed by atoms with Gasteiger partial charge in [-0.25, -0.2) is 0 Å². The van der Waals surface area contributed by atoms with Gasteiger partial charge in [-0.3, -0.25) is 0 Å². The molecule has 0 saturated heterocycles. The van der Waals surface area contributed by atoms with E-state index >= 15 is 0 Å². The maximum Gasteiger partial charge on any atom is 2.00 e. The van der Waals surface area contributed by atoms with Crippen molar-refractivity contribution in [3.63, 3.8) is 0 Å². The second-order valence-electron chi connectivity index (χ2n) is 10.9. The molecule has 0 radical (unpaired) electrons. The Morgan fingerprint density at radius 1 is 0.600 bits per heavy atom. The van der Waals surface area contributed by atoms with Gasteiger partial charge in [-0.15, -0.1) is 0 Å². The Hall–Kier alpha value is 0.511. The summed E-state index contributed by atoms with van der Waals surface area (Å²) in [5.74, 6) is -1.91. The maximum absolute atomic E-state index is 10.4. The fraction of sp³-hybridized carbons (Fsp3) is 0.900. The molecule has 0 heterocycles. The SMILES string of the molecule is CC(C)(C)CC(C)(C)CC(=O)[O-].CC(C)(C)CC(C)(C)CC(=O)[O-].[Ba+2]. The van der Waals surface area contributed by atoms with Crippen LogP contribution in [-0.2, 0) is 9.59 Å². The van der Waals surface area contributed by atoms with Gasteiger partial charge in [0.05, 0.1) is 0 Å². The molecule has 0 rings (SSSR count). The van der Waals surface area contributed by atoms with E-state index in [4.69, 9.17) is 0 Å². The summed E-state index contributed by atoms with van der Waals surface area (Å²) in [7, 11) is 0. The topological polar surface area (TPSA) is 80.3 Å². The molecule has 0 aromatic rings. The molecule has 144 valence electrons. The van der Waals surface area contributed by atoms with E-state index in [-0.39, 0.29) is 83.4 Å². The van der Waals surface area contributed by atoms with Gasteiger partial charge in [0.25, 0.3) is 0 Å². The van der Waals surface area contributed by atoms with Crippen molar-refractivity contribution in [3.05, 3.63) is 0 Å². The maximum atomic E-state index is 10.4. The Balaban J connectivity index is -0.000000372. The van der Waals surface area contributed by atoms with Crippen LogP contribution in [0.1, 0.15) is 94.9 Å². The molecule has 0 aliphatic carbocycles. The van der Waals surface area contributed by atoms with Crippen LogP contribution in [0.5, 0.6) is 0 Å². The smallest absolute Gasteiger partial charge is 0.550 e. The molecule has 5 heteroatoms. The van der Waals surface area contributed by atoms with E-state index in [1.807, 2.05) is 27.7 Å². The minimum absolute atomic E-state index is 0. The third-order valence-electron chi connectivity index (χ3n) is 3.26. The van der Waals surface area contributed by atoms with Gasteiger partial charge in [-0.1, -0.05) is 69.2 Å². The predicted octanol–water partition coefficient (Wildman–Crippen LogP) is 2.80. The predicted molar refractivity (Wildman–Crippen MR) is 101 cm³/mol. The second kappa shape index (κ2) is 11.4. The monoisotopic (exact) mass is 480 g/mol. The van der Waals surface area contributed by atoms with Crippen molar-refractivity contribution in [1.29, 1.82) is 0 Å².